The van der Waals surface area contributed by atoms with Crippen LogP contribution < -0.4 is 11.1 Å². The molecule has 0 aromatic rings. The van der Waals surface area contributed by atoms with E-state index >= 15 is 0 Å². The normalized spacial score (nSPS) is 19.0. The summed E-state index contributed by atoms with van der Waals surface area (Å²) in [7, 11) is 0. The highest BCUT2D eigenvalue weighted by Crippen LogP contribution is 2.15. The number of hydrogen-bond acceptors (Lipinski definition) is 3. The van der Waals surface area contributed by atoms with Crippen molar-refractivity contribution in [3.05, 3.63) is 0 Å². The number of hydrogen-bond donors (Lipinski definition) is 3. The average Bonchev–Trinajstić information content (AvgIpc) is 2.12. The molecule has 0 saturated heterocycles. The molecule has 16 heavy (non-hydrogen) atoms. The van der Waals surface area contributed by atoms with Crippen molar-refractivity contribution in [3.63, 3.8) is 0 Å². The second-order valence-electron chi connectivity index (χ2n) is 5.55. The van der Waals surface area contributed by atoms with Gasteiger partial charge >= 0.3 is 0 Å². The lowest BCUT2D eigenvalue weighted by Crippen LogP contribution is -2.54. The molecule has 0 aliphatic heterocycles. The van der Waals surface area contributed by atoms with Crippen LogP contribution in [0.3, 0.4) is 0 Å². The summed E-state index contributed by atoms with van der Waals surface area (Å²) in [5, 5.41) is 12.7. The first-order chi connectivity index (χ1) is 7.10. The van der Waals surface area contributed by atoms with Crippen molar-refractivity contribution in [2.75, 3.05) is 6.54 Å². The van der Waals surface area contributed by atoms with Crippen molar-refractivity contribution in [1.29, 1.82) is 0 Å². The van der Waals surface area contributed by atoms with Crippen LogP contribution in [-0.2, 0) is 4.79 Å². The van der Waals surface area contributed by atoms with Crippen LogP contribution in [0.2, 0.25) is 0 Å². The number of nitrogens with two attached hydrogens (primary N) is 1. The average molecular weight is 230 g/mol. The van der Waals surface area contributed by atoms with Crippen LogP contribution in [-0.4, -0.2) is 28.7 Å². The van der Waals surface area contributed by atoms with Gasteiger partial charge in [-0.1, -0.05) is 20.8 Å². The Morgan fingerprint density at radius 3 is 2.31 bits per heavy atom. The number of nitrogens with one attached hydrogen (secondary N) is 1. The van der Waals surface area contributed by atoms with Crippen LogP contribution in [0.5, 0.6) is 0 Å². The largest absolute Gasteiger partial charge is 0.388 e. The molecule has 0 heterocycles. The van der Waals surface area contributed by atoms with Crippen molar-refractivity contribution in [2.45, 2.75) is 58.6 Å². The van der Waals surface area contributed by atoms with Gasteiger partial charge in [0.25, 0.3) is 0 Å². The van der Waals surface area contributed by atoms with Gasteiger partial charge in [0.2, 0.25) is 5.91 Å². The summed E-state index contributed by atoms with van der Waals surface area (Å²) in [6.07, 6.45) is 1.23. The first-order valence-corrected chi connectivity index (χ1v) is 5.90. The second kappa shape index (κ2) is 5.64. The van der Waals surface area contributed by atoms with Gasteiger partial charge in [-0.15, -0.1) is 0 Å². The third kappa shape index (κ3) is 5.47. The lowest BCUT2D eigenvalue weighted by molar-refractivity contribution is -0.127. The van der Waals surface area contributed by atoms with E-state index < -0.39 is 11.1 Å². The Labute approximate surface area is 98.6 Å². The Bertz CT molecular complexity index is 235. The van der Waals surface area contributed by atoms with Crippen LogP contribution in [0.1, 0.15) is 47.5 Å². The number of carbonyl (C=O) groups is 1. The van der Waals surface area contributed by atoms with Crippen molar-refractivity contribution in [3.8, 4) is 0 Å². The van der Waals surface area contributed by atoms with E-state index in [2.05, 4.69) is 5.32 Å². The Morgan fingerprint density at radius 2 is 1.94 bits per heavy atom. The smallest absolute Gasteiger partial charge is 0.239 e. The maximum absolute atomic E-state index is 11.7. The minimum Gasteiger partial charge on any atom is -0.388 e. The third-order valence-corrected chi connectivity index (χ3v) is 2.73. The lowest BCUT2D eigenvalue weighted by Gasteiger charge is -2.28. The predicted molar refractivity (Wildman–Crippen MR) is 66.0 cm³/mol. The molecule has 0 bridgehead atoms. The van der Waals surface area contributed by atoms with E-state index in [-0.39, 0.29) is 12.5 Å². The molecule has 0 rings (SSSR count). The van der Waals surface area contributed by atoms with Gasteiger partial charge in [-0.25, -0.2) is 0 Å². The summed E-state index contributed by atoms with van der Waals surface area (Å²) in [4.78, 5) is 11.7. The molecule has 96 valence electrons. The highest BCUT2D eigenvalue weighted by molar-refractivity contribution is 5.85. The van der Waals surface area contributed by atoms with Crippen molar-refractivity contribution in [1.82, 2.24) is 5.32 Å². The van der Waals surface area contributed by atoms with Gasteiger partial charge in [0, 0.05) is 6.54 Å². The molecule has 4 heteroatoms. The fourth-order valence-electron chi connectivity index (χ4n) is 1.58. The zero-order chi connectivity index (χ0) is 13.0. The van der Waals surface area contributed by atoms with Gasteiger partial charge in [0.05, 0.1) is 11.1 Å². The number of aliphatic hydroxyl groups is 1. The van der Waals surface area contributed by atoms with Crippen molar-refractivity contribution in [2.24, 2.45) is 11.7 Å². The van der Waals surface area contributed by atoms with E-state index in [0.29, 0.717) is 18.8 Å². The molecule has 2 atom stereocenters. The van der Waals surface area contributed by atoms with Crippen LogP contribution in [0, 0.1) is 5.92 Å². The summed E-state index contributed by atoms with van der Waals surface area (Å²) in [5.41, 5.74) is 4.08. The first kappa shape index (κ1) is 15.4. The molecule has 0 radical (unpaired) electrons. The van der Waals surface area contributed by atoms with Crippen LogP contribution in [0.25, 0.3) is 0 Å². The molecular formula is C12H26N2O2. The Balaban J connectivity index is 4.19. The maximum Gasteiger partial charge on any atom is 0.239 e. The van der Waals surface area contributed by atoms with E-state index in [0.717, 1.165) is 0 Å². The molecule has 2 unspecified atom stereocenters. The topological polar surface area (TPSA) is 75.4 Å². The summed E-state index contributed by atoms with van der Waals surface area (Å²) in [6, 6.07) is 0. The summed E-state index contributed by atoms with van der Waals surface area (Å²) in [5.74, 6) is 0.182. The monoisotopic (exact) mass is 230 g/mol. The Hall–Kier alpha value is -0.610. The highest BCUT2D eigenvalue weighted by Gasteiger charge is 2.29. The molecule has 0 aliphatic rings. The zero-order valence-corrected chi connectivity index (χ0v) is 11.1. The fraction of sp³-hybridized carbons (Fsp3) is 0.917. The van der Waals surface area contributed by atoms with E-state index in [1.165, 1.54) is 0 Å². The molecule has 0 aliphatic carbocycles. The van der Waals surface area contributed by atoms with E-state index in [4.69, 9.17) is 5.73 Å². The molecular weight excluding hydrogens is 204 g/mol. The minimum atomic E-state index is -0.867. The van der Waals surface area contributed by atoms with Gasteiger partial charge in [-0.05, 0) is 32.6 Å². The van der Waals surface area contributed by atoms with Gasteiger partial charge in [-0.3, -0.25) is 4.79 Å². The molecule has 0 fully saturated rings. The number of rotatable bonds is 6. The van der Waals surface area contributed by atoms with E-state index in [1.54, 1.807) is 13.8 Å². The van der Waals surface area contributed by atoms with Crippen molar-refractivity contribution < 1.29 is 9.90 Å². The highest BCUT2D eigenvalue weighted by atomic mass is 16.3. The standard InChI is InChI=1S/C12H26N2O2/c1-6-12(5,13)10(15)14-8-11(4,16)7-9(2)3/h9,16H,6-8,13H2,1-5H3,(H,14,15). The van der Waals surface area contributed by atoms with Crippen LogP contribution >= 0.6 is 0 Å². The quantitative estimate of drug-likeness (QED) is 0.638. The summed E-state index contributed by atoms with van der Waals surface area (Å²) in [6.45, 7) is 9.61. The van der Waals surface area contributed by atoms with E-state index in [1.807, 2.05) is 20.8 Å². The molecule has 4 N–H and O–H groups in total. The first-order valence-electron chi connectivity index (χ1n) is 5.90. The summed E-state index contributed by atoms with van der Waals surface area (Å²) >= 11 is 0. The maximum atomic E-state index is 11.7. The fourth-order valence-corrected chi connectivity index (χ4v) is 1.58. The Morgan fingerprint density at radius 1 is 1.44 bits per heavy atom. The van der Waals surface area contributed by atoms with E-state index in [9.17, 15) is 9.90 Å². The molecule has 0 aromatic heterocycles. The molecule has 1 amide bonds. The molecule has 0 aromatic carbocycles. The van der Waals surface area contributed by atoms with Gasteiger partial charge < -0.3 is 16.2 Å². The van der Waals surface area contributed by atoms with Gasteiger partial charge in [0.15, 0.2) is 0 Å². The van der Waals surface area contributed by atoms with Crippen LogP contribution in [0.15, 0.2) is 0 Å². The molecule has 0 saturated carbocycles. The SMILES string of the molecule is CCC(C)(N)C(=O)NCC(C)(O)CC(C)C. The number of carbonyl (C=O) groups excluding carboxylic acids is 1. The Kier molecular flexibility index (Phi) is 5.42. The second-order valence-corrected chi connectivity index (χ2v) is 5.55. The third-order valence-electron chi connectivity index (χ3n) is 2.73. The minimum absolute atomic E-state index is 0.209. The molecule has 4 nitrogen and oxygen atoms in total. The molecule has 0 spiro atoms. The predicted octanol–water partition coefficient (Wildman–Crippen LogP) is 1.03. The van der Waals surface area contributed by atoms with Crippen molar-refractivity contribution >= 4 is 5.91 Å². The zero-order valence-electron chi connectivity index (χ0n) is 11.1. The lowest BCUT2D eigenvalue weighted by atomic mass is 9.93. The van der Waals surface area contributed by atoms with Gasteiger partial charge in [-0.2, -0.15) is 0 Å². The number of amides is 1. The van der Waals surface area contributed by atoms with Crippen LogP contribution in [0.4, 0.5) is 0 Å². The summed E-state index contributed by atoms with van der Waals surface area (Å²) < 4.78 is 0. The van der Waals surface area contributed by atoms with Gasteiger partial charge in [0.1, 0.15) is 0 Å².